The molecule has 2 aromatic rings. The smallest absolute Gasteiger partial charge is 0.258 e. The number of ether oxygens (including phenoxy) is 1. The van der Waals surface area contributed by atoms with Gasteiger partial charge in [-0.25, -0.2) is 0 Å². The van der Waals surface area contributed by atoms with E-state index in [1.165, 1.54) is 0 Å². The Morgan fingerprint density at radius 3 is 2.35 bits per heavy atom. The highest BCUT2D eigenvalue weighted by Crippen LogP contribution is 2.21. The van der Waals surface area contributed by atoms with E-state index in [1.807, 2.05) is 49.4 Å². The maximum absolute atomic E-state index is 12.3. The van der Waals surface area contributed by atoms with Crippen molar-refractivity contribution in [2.45, 2.75) is 33.2 Å². The van der Waals surface area contributed by atoms with E-state index in [0.717, 1.165) is 23.3 Å². The molecule has 3 heteroatoms. The molecule has 1 atom stereocenters. The molecule has 0 aliphatic rings. The fourth-order valence-corrected chi connectivity index (χ4v) is 2.53. The summed E-state index contributed by atoms with van der Waals surface area (Å²) < 4.78 is 5.63. The monoisotopic (exact) mass is 311 g/mol. The fourth-order valence-electron chi connectivity index (χ4n) is 2.53. The molecule has 1 amide bonds. The van der Waals surface area contributed by atoms with Crippen LogP contribution in [0.5, 0.6) is 5.75 Å². The minimum atomic E-state index is -0.0947. The SMILES string of the molecule is Cc1ccccc1OCC(=O)N[C@H](CC(C)C)c1ccccc1. The van der Waals surface area contributed by atoms with Gasteiger partial charge in [-0.1, -0.05) is 62.4 Å². The zero-order chi connectivity index (χ0) is 16.7. The molecule has 0 saturated carbocycles. The Morgan fingerprint density at radius 1 is 1.04 bits per heavy atom. The van der Waals surface area contributed by atoms with Gasteiger partial charge >= 0.3 is 0 Å². The minimum Gasteiger partial charge on any atom is -0.484 e. The molecule has 0 heterocycles. The molecular formula is C20H25NO2. The van der Waals surface area contributed by atoms with E-state index >= 15 is 0 Å². The standard InChI is InChI=1S/C20H25NO2/c1-15(2)13-18(17-10-5-4-6-11-17)21-20(22)14-23-19-12-8-7-9-16(19)3/h4-12,15,18H,13-14H2,1-3H3,(H,21,22)/t18-/m1/s1. The first-order chi connectivity index (χ1) is 11.1. The van der Waals surface area contributed by atoms with Gasteiger partial charge in [-0.05, 0) is 36.5 Å². The summed E-state index contributed by atoms with van der Waals surface area (Å²) in [5, 5.41) is 3.09. The van der Waals surface area contributed by atoms with Crippen LogP contribution in [0.1, 0.15) is 37.4 Å². The van der Waals surface area contributed by atoms with Gasteiger partial charge in [-0.2, -0.15) is 0 Å². The zero-order valence-corrected chi connectivity index (χ0v) is 14.1. The fraction of sp³-hybridized carbons (Fsp3) is 0.350. The number of amides is 1. The Labute approximate surface area is 138 Å². The van der Waals surface area contributed by atoms with Crippen molar-refractivity contribution in [3.8, 4) is 5.75 Å². The van der Waals surface area contributed by atoms with Crippen LogP contribution in [0.2, 0.25) is 0 Å². The van der Waals surface area contributed by atoms with Gasteiger partial charge in [-0.3, -0.25) is 4.79 Å². The van der Waals surface area contributed by atoms with Gasteiger partial charge in [0.05, 0.1) is 6.04 Å². The molecule has 2 aromatic carbocycles. The van der Waals surface area contributed by atoms with E-state index < -0.39 is 0 Å². The Hall–Kier alpha value is -2.29. The molecule has 0 unspecified atom stereocenters. The molecule has 0 fully saturated rings. The molecule has 0 bridgehead atoms. The number of rotatable bonds is 7. The van der Waals surface area contributed by atoms with Crippen LogP contribution in [0.25, 0.3) is 0 Å². The first-order valence-electron chi connectivity index (χ1n) is 8.09. The van der Waals surface area contributed by atoms with Crippen LogP contribution in [0.3, 0.4) is 0 Å². The lowest BCUT2D eigenvalue weighted by molar-refractivity contribution is -0.124. The average molecular weight is 311 g/mol. The number of carbonyl (C=O) groups is 1. The second-order valence-corrected chi connectivity index (χ2v) is 6.21. The lowest BCUT2D eigenvalue weighted by Gasteiger charge is -2.21. The molecule has 0 spiro atoms. The summed E-state index contributed by atoms with van der Waals surface area (Å²) in [6.45, 7) is 6.32. The van der Waals surface area contributed by atoms with Gasteiger partial charge < -0.3 is 10.1 Å². The molecule has 23 heavy (non-hydrogen) atoms. The van der Waals surface area contributed by atoms with Gasteiger partial charge in [0.15, 0.2) is 6.61 Å². The van der Waals surface area contributed by atoms with Gasteiger partial charge in [0.25, 0.3) is 5.91 Å². The number of benzene rings is 2. The molecule has 0 aromatic heterocycles. The van der Waals surface area contributed by atoms with Crippen LogP contribution in [-0.2, 0) is 4.79 Å². The van der Waals surface area contributed by atoms with Crippen LogP contribution >= 0.6 is 0 Å². The van der Waals surface area contributed by atoms with E-state index in [0.29, 0.717) is 5.92 Å². The molecule has 3 nitrogen and oxygen atoms in total. The molecule has 0 aliphatic carbocycles. The second kappa shape index (κ2) is 8.37. The minimum absolute atomic E-state index is 0.0178. The van der Waals surface area contributed by atoms with Crippen molar-refractivity contribution in [3.05, 3.63) is 65.7 Å². The number of para-hydroxylation sites is 1. The Bertz CT molecular complexity index is 623. The number of nitrogens with one attached hydrogen (secondary N) is 1. The summed E-state index contributed by atoms with van der Waals surface area (Å²) in [6, 6.07) is 17.8. The summed E-state index contributed by atoms with van der Waals surface area (Å²) in [5.41, 5.74) is 2.16. The van der Waals surface area contributed by atoms with Crippen LogP contribution < -0.4 is 10.1 Å². The predicted octanol–water partition coefficient (Wildman–Crippen LogP) is 4.28. The van der Waals surface area contributed by atoms with Gasteiger partial charge in [-0.15, -0.1) is 0 Å². The molecule has 0 saturated heterocycles. The van der Waals surface area contributed by atoms with Crippen LogP contribution in [-0.4, -0.2) is 12.5 Å². The van der Waals surface area contributed by atoms with E-state index in [1.54, 1.807) is 0 Å². The van der Waals surface area contributed by atoms with Gasteiger partial charge in [0.2, 0.25) is 0 Å². The van der Waals surface area contributed by atoms with Crippen molar-refractivity contribution in [3.63, 3.8) is 0 Å². The normalized spacial score (nSPS) is 12.0. The van der Waals surface area contributed by atoms with Gasteiger partial charge in [0, 0.05) is 0 Å². The Kier molecular flexibility index (Phi) is 6.21. The Balaban J connectivity index is 1.96. The quantitative estimate of drug-likeness (QED) is 0.829. The molecule has 122 valence electrons. The maximum Gasteiger partial charge on any atom is 0.258 e. The second-order valence-electron chi connectivity index (χ2n) is 6.21. The van der Waals surface area contributed by atoms with E-state index in [-0.39, 0.29) is 18.6 Å². The van der Waals surface area contributed by atoms with Crippen LogP contribution in [0.4, 0.5) is 0 Å². The van der Waals surface area contributed by atoms with Crippen molar-refractivity contribution in [2.24, 2.45) is 5.92 Å². The average Bonchev–Trinajstić information content (AvgIpc) is 2.54. The van der Waals surface area contributed by atoms with Crippen molar-refractivity contribution < 1.29 is 9.53 Å². The highest BCUT2D eigenvalue weighted by molar-refractivity contribution is 5.78. The first-order valence-corrected chi connectivity index (χ1v) is 8.09. The third-order valence-electron chi connectivity index (χ3n) is 3.70. The largest absolute Gasteiger partial charge is 0.484 e. The van der Waals surface area contributed by atoms with Crippen molar-refractivity contribution >= 4 is 5.91 Å². The summed E-state index contributed by atoms with van der Waals surface area (Å²) in [5.74, 6) is 1.16. The lowest BCUT2D eigenvalue weighted by atomic mass is 9.97. The third kappa shape index (κ3) is 5.44. The summed E-state index contributed by atoms with van der Waals surface area (Å²) in [6.07, 6.45) is 0.903. The highest BCUT2D eigenvalue weighted by Gasteiger charge is 2.16. The zero-order valence-electron chi connectivity index (χ0n) is 14.1. The number of hydrogen-bond acceptors (Lipinski definition) is 2. The van der Waals surface area contributed by atoms with Gasteiger partial charge in [0.1, 0.15) is 5.75 Å². The summed E-state index contributed by atoms with van der Waals surface area (Å²) in [7, 11) is 0. The molecule has 0 radical (unpaired) electrons. The van der Waals surface area contributed by atoms with E-state index in [2.05, 4.69) is 31.3 Å². The molecule has 0 aliphatic heterocycles. The van der Waals surface area contributed by atoms with Crippen molar-refractivity contribution in [1.82, 2.24) is 5.32 Å². The molecule has 2 rings (SSSR count). The van der Waals surface area contributed by atoms with Crippen LogP contribution in [0, 0.1) is 12.8 Å². The number of hydrogen-bond donors (Lipinski definition) is 1. The topological polar surface area (TPSA) is 38.3 Å². The van der Waals surface area contributed by atoms with Crippen molar-refractivity contribution in [2.75, 3.05) is 6.61 Å². The maximum atomic E-state index is 12.3. The highest BCUT2D eigenvalue weighted by atomic mass is 16.5. The van der Waals surface area contributed by atoms with E-state index in [4.69, 9.17) is 4.74 Å². The lowest BCUT2D eigenvalue weighted by Crippen LogP contribution is -2.33. The molecular weight excluding hydrogens is 286 g/mol. The Morgan fingerprint density at radius 2 is 1.70 bits per heavy atom. The summed E-state index contributed by atoms with van der Waals surface area (Å²) in [4.78, 5) is 12.3. The van der Waals surface area contributed by atoms with Crippen LogP contribution in [0.15, 0.2) is 54.6 Å². The molecule has 1 N–H and O–H groups in total. The third-order valence-corrected chi connectivity index (χ3v) is 3.70. The first kappa shape index (κ1) is 17.1. The number of carbonyl (C=O) groups excluding carboxylic acids is 1. The van der Waals surface area contributed by atoms with E-state index in [9.17, 15) is 4.79 Å². The summed E-state index contributed by atoms with van der Waals surface area (Å²) >= 11 is 0. The number of aryl methyl sites for hydroxylation is 1. The predicted molar refractivity (Wildman–Crippen MR) is 93.5 cm³/mol. The van der Waals surface area contributed by atoms with Crippen molar-refractivity contribution in [1.29, 1.82) is 0 Å².